The van der Waals surface area contributed by atoms with Gasteiger partial charge in [-0.3, -0.25) is 0 Å². The standard InChI is InChI=1S/C11H19NOS/c1-7(2)8(3)11(13)5-10-6-14-9(4)12-10/h6-8,11,13H,5H2,1-4H3. The highest BCUT2D eigenvalue weighted by Gasteiger charge is 2.18. The highest BCUT2D eigenvalue weighted by molar-refractivity contribution is 7.09. The molecule has 1 rings (SSSR count). The van der Waals surface area contributed by atoms with Gasteiger partial charge in [0.25, 0.3) is 0 Å². The van der Waals surface area contributed by atoms with E-state index in [9.17, 15) is 5.11 Å². The molecule has 0 aliphatic rings. The zero-order valence-corrected chi connectivity index (χ0v) is 10.1. The van der Waals surface area contributed by atoms with Gasteiger partial charge in [-0.2, -0.15) is 0 Å². The van der Waals surface area contributed by atoms with Crippen molar-refractivity contribution in [2.75, 3.05) is 0 Å². The summed E-state index contributed by atoms with van der Waals surface area (Å²) in [5, 5.41) is 13.0. The first-order valence-corrected chi connectivity index (χ1v) is 5.97. The molecule has 80 valence electrons. The maximum Gasteiger partial charge on any atom is 0.0897 e. The fourth-order valence-corrected chi connectivity index (χ4v) is 1.97. The molecular weight excluding hydrogens is 194 g/mol. The molecule has 1 aromatic heterocycles. The summed E-state index contributed by atoms with van der Waals surface area (Å²) in [6, 6.07) is 0. The third-order valence-corrected chi connectivity index (χ3v) is 3.57. The van der Waals surface area contributed by atoms with Crippen molar-refractivity contribution in [3.05, 3.63) is 16.1 Å². The third-order valence-electron chi connectivity index (χ3n) is 2.74. The highest BCUT2D eigenvalue weighted by atomic mass is 32.1. The van der Waals surface area contributed by atoms with E-state index in [-0.39, 0.29) is 6.10 Å². The van der Waals surface area contributed by atoms with E-state index < -0.39 is 0 Å². The van der Waals surface area contributed by atoms with Gasteiger partial charge < -0.3 is 5.11 Å². The summed E-state index contributed by atoms with van der Waals surface area (Å²) in [5.74, 6) is 0.849. The van der Waals surface area contributed by atoms with E-state index >= 15 is 0 Å². The molecule has 14 heavy (non-hydrogen) atoms. The number of nitrogens with zero attached hydrogens (tertiary/aromatic N) is 1. The van der Waals surface area contributed by atoms with Gasteiger partial charge in [0.1, 0.15) is 0 Å². The fraction of sp³-hybridized carbons (Fsp3) is 0.727. The first kappa shape index (κ1) is 11.7. The van der Waals surface area contributed by atoms with Gasteiger partial charge in [-0.25, -0.2) is 4.98 Å². The summed E-state index contributed by atoms with van der Waals surface area (Å²) in [4.78, 5) is 4.35. The Morgan fingerprint density at radius 1 is 1.43 bits per heavy atom. The Hall–Kier alpha value is -0.410. The van der Waals surface area contributed by atoms with Gasteiger partial charge in [0.15, 0.2) is 0 Å². The van der Waals surface area contributed by atoms with Crippen LogP contribution in [-0.2, 0) is 6.42 Å². The van der Waals surface area contributed by atoms with Gasteiger partial charge in [0, 0.05) is 11.8 Å². The van der Waals surface area contributed by atoms with Crippen molar-refractivity contribution < 1.29 is 5.11 Å². The third kappa shape index (κ3) is 3.07. The van der Waals surface area contributed by atoms with Crippen molar-refractivity contribution in [2.45, 2.75) is 40.2 Å². The van der Waals surface area contributed by atoms with Gasteiger partial charge in [-0.15, -0.1) is 11.3 Å². The van der Waals surface area contributed by atoms with Gasteiger partial charge in [-0.1, -0.05) is 20.8 Å². The van der Waals surface area contributed by atoms with E-state index in [1.54, 1.807) is 11.3 Å². The molecule has 0 spiro atoms. The van der Waals surface area contributed by atoms with E-state index in [1.807, 2.05) is 12.3 Å². The van der Waals surface area contributed by atoms with Crippen LogP contribution in [0.25, 0.3) is 0 Å². The minimum Gasteiger partial charge on any atom is -0.392 e. The lowest BCUT2D eigenvalue weighted by Crippen LogP contribution is -2.24. The van der Waals surface area contributed by atoms with Crippen LogP contribution in [0.4, 0.5) is 0 Å². The molecule has 0 aromatic carbocycles. The van der Waals surface area contributed by atoms with E-state index in [1.165, 1.54) is 0 Å². The van der Waals surface area contributed by atoms with Crippen LogP contribution in [0.2, 0.25) is 0 Å². The largest absolute Gasteiger partial charge is 0.392 e. The molecule has 0 aliphatic heterocycles. The number of aliphatic hydroxyl groups excluding tert-OH is 1. The number of aryl methyl sites for hydroxylation is 1. The van der Waals surface area contributed by atoms with Crippen LogP contribution in [-0.4, -0.2) is 16.2 Å². The van der Waals surface area contributed by atoms with E-state index in [0.717, 1.165) is 10.7 Å². The quantitative estimate of drug-likeness (QED) is 0.834. The Labute approximate surface area is 90.0 Å². The van der Waals surface area contributed by atoms with Gasteiger partial charge >= 0.3 is 0 Å². The Morgan fingerprint density at radius 3 is 2.50 bits per heavy atom. The van der Waals surface area contributed by atoms with Crippen molar-refractivity contribution in [1.82, 2.24) is 4.98 Å². The second kappa shape index (κ2) is 4.89. The molecule has 0 fully saturated rings. The number of hydrogen-bond acceptors (Lipinski definition) is 3. The number of aliphatic hydroxyl groups is 1. The van der Waals surface area contributed by atoms with Gasteiger partial charge in [0.05, 0.1) is 16.8 Å². The number of hydrogen-bond donors (Lipinski definition) is 1. The van der Waals surface area contributed by atoms with Crippen LogP contribution >= 0.6 is 11.3 Å². The van der Waals surface area contributed by atoms with E-state index in [4.69, 9.17) is 0 Å². The predicted molar refractivity (Wildman–Crippen MR) is 60.6 cm³/mol. The smallest absolute Gasteiger partial charge is 0.0897 e. The molecule has 2 atom stereocenters. The molecule has 0 radical (unpaired) electrons. The van der Waals surface area contributed by atoms with Crippen LogP contribution in [0.3, 0.4) is 0 Å². The topological polar surface area (TPSA) is 33.1 Å². The molecular formula is C11H19NOS. The average Bonchev–Trinajstić information content (AvgIpc) is 2.49. The molecule has 3 heteroatoms. The van der Waals surface area contributed by atoms with Crippen LogP contribution in [0.5, 0.6) is 0 Å². The molecule has 0 saturated carbocycles. The minimum absolute atomic E-state index is 0.267. The maximum absolute atomic E-state index is 9.92. The highest BCUT2D eigenvalue weighted by Crippen LogP contribution is 2.18. The number of thiazole rings is 1. The monoisotopic (exact) mass is 213 g/mol. The maximum atomic E-state index is 9.92. The summed E-state index contributed by atoms with van der Waals surface area (Å²) < 4.78 is 0. The Balaban J connectivity index is 2.52. The zero-order valence-electron chi connectivity index (χ0n) is 9.32. The van der Waals surface area contributed by atoms with Crippen LogP contribution < -0.4 is 0 Å². The van der Waals surface area contributed by atoms with Crippen LogP contribution in [0.1, 0.15) is 31.5 Å². The Bertz CT molecular complexity index is 283. The second-order valence-corrected chi connectivity index (χ2v) is 5.29. The summed E-state index contributed by atoms with van der Waals surface area (Å²) >= 11 is 1.64. The molecule has 0 aliphatic carbocycles. The molecule has 0 amide bonds. The molecule has 2 nitrogen and oxygen atoms in total. The van der Waals surface area contributed by atoms with Gasteiger partial charge in [0.2, 0.25) is 0 Å². The van der Waals surface area contributed by atoms with Crippen molar-refractivity contribution in [3.63, 3.8) is 0 Å². The van der Waals surface area contributed by atoms with Crippen molar-refractivity contribution >= 4 is 11.3 Å². The first-order valence-electron chi connectivity index (χ1n) is 5.09. The lowest BCUT2D eigenvalue weighted by molar-refractivity contribution is 0.0914. The molecule has 1 aromatic rings. The lowest BCUT2D eigenvalue weighted by Gasteiger charge is -2.21. The predicted octanol–water partition coefficient (Wildman–Crippen LogP) is 2.65. The number of rotatable bonds is 4. The fourth-order valence-electron chi connectivity index (χ4n) is 1.35. The number of aromatic nitrogens is 1. The van der Waals surface area contributed by atoms with Crippen molar-refractivity contribution in [1.29, 1.82) is 0 Å². The molecule has 0 bridgehead atoms. The van der Waals surface area contributed by atoms with E-state index in [0.29, 0.717) is 18.3 Å². The minimum atomic E-state index is -0.267. The molecule has 0 saturated heterocycles. The normalized spacial score (nSPS) is 15.9. The molecule has 1 N–H and O–H groups in total. The summed E-state index contributed by atoms with van der Waals surface area (Å²) in [6.45, 7) is 8.36. The van der Waals surface area contributed by atoms with Crippen LogP contribution in [0.15, 0.2) is 5.38 Å². The second-order valence-electron chi connectivity index (χ2n) is 4.23. The van der Waals surface area contributed by atoms with Crippen molar-refractivity contribution in [3.8, 4) is 0 Å². The lowest BCUT2D eigenvalue weighted by atomic mass is 9.90. The Morgan fingerprint density at radius 2 is 2.07 bits per heavy atom. The summed E-state index contributed by atoms with van der Waals surface area (Å²) in [7, 11) is 0. The van der Waals surface area contributed by atoms with Gasteiger partial charge in [-0.05, 0) is 18.8 Å². The van der Waals surface area contributed by atoms with Crippen molar-refractivity contribution in [2.24, 2.45) is 11.8 Å². The Kier molecular flexibility index (Phi) is 4.08. The molecule has 1 heterocycles. The zero-order chi connectivity index (χ0) is 10.7. The summed E-state index contributed by atoms with van der Waals surface area (Å²) in [5.41, 5.74) is 1.02. The molecule has 2 unspecified atom stereocenters. The summed E-state index contributed by atoms with van der Waals surface area (Å²) in [6.07, 6.45) is 0.417. The SMILES string of the molecule is Cc1nc(CC(O)C(C)C(C)C)cs1. The van der Waals surface area contributed by atoms with Crippen LogP contribution in [0, 0.1) is 18.8 Å². The van der Waals surface area contributed by atoms with E-state index in [2.05, 4.69) is 25.8 Å². The first-order chi connectivity index (χ1) is 6.50. The average molecular weight is 213 g/mol.